The predicted octanol–water partition coefficient (Wildman–Crippen LogP) is 4.62. The first-order valence-corrected chi connectivity index (χ1v) is 13.0. The summed E-state index contributed by atoms with van der Waals surface area (Å²) in [5.74, 6) is 3.10. The van der Waals surface area contributed by atoms with E-state index in [9.17, 15) is 0 Å². The summed E-state index contributed by atoms with van der Waals surface area (Å²) in [4.78, 5) is 4.87. The van der Waals surface area contributed by atoms with E-state index < -0.39 is 15.1 Å². The van der Waals surface area contributed by atoms with Crippen molar-refractivity contribution in [2.45, 2.75) is 57.2 Å². The van der Waals surface area contributed by atoms with Gasteiger partial charge in [-0.2, -0.15) is 0 Å². The molecule has 0 saturated heterocycles. The van der Waals surface area contributed by atoms with Crippen LogP contribution in [0.1, 0.15) is 41.8 Å². The molecule has 0 unspecified atom stereocenters. The maximum atomic E-state index is 7.78. The molecule has 4 fully saturated rings. The van der Waals surface area contributed by atoms with Gasteiger partial charge in [0.1, 0.15) is 0 Å². The van der Waals surface area contributed by atoms with Crippen molar-refractivity contribution in [3.63, 3.8) is 0 Å². The summed E-state index contributed by atoms with van der Waals surface area (Å²) in [7, 11) is -4.05. The van der Waals surface area contributed by atoms with Gasteiger partial charge >= 0.3 is 0 Å². The number of aliphatic imine (C=N–C) groups is 1. The van der Waals surface area contributed by atoms with Gasteiger partial charge in [0.05, 0.1) is 30.3 Å². The predicted molar refractivity (Wildman–Crippen MR) is 102 cm³/mol. The maximum absolute atomic E-state index is 7.78. The Labute approximate surface area is 150 Å². The first-order valence-electron chi connectivity index (χ1n) is 11.0. The van der Waals surface area contributed by atoms with E-state index in [0.717, 1.165) is 17.5 Å². The fourth-order valence-electron chi connectivity index (χ4n) is 6.79. The number of hydrogen-bond acceptors (Lipinski definition) is 2. The normalized spacial score (nSPS) is 41.6. The lowest BCUT2D eigenvalue weighted by atomic mass is 9.44. The van der Waals surface area contributed by atoms with Crippen LogP contribution in [0.15, 0.2) is 23.2 Å². The quantitative estimate of drug-likeness (QED) is 0.683. The van der Waals surface area contributed by atoms with Crippen LogP contribution in [0.2, 0.25) is 19.6 Å². The Morgan fingerprint density at radius 3 is 2.33 bits per heavy atom. The molecule has 4 bridgehead atoms. The summed E-state index contributed by atoms with van der Waals surface area (Å²) in [5.41, 5.74) is 2.02. The Kier molecular flexibility index (Phi) is 2.43. The van der Waals surface area contributed by atoms with Gasteiger partial charge in [0.25, 0.3) is 0 Å². The van der Waals surface area contributed by atoms with Gasteiger partial charge in [0, 0.05) is 0 Å². The average Bonchev–Trinajstić information content (AvgIpc) is 2.83. The summed E-state index contributed by atoms with van der Waals surface area (Å²) < 4.78 is 29.0. The minimum atomic E-state index is -2.44. The van der Waals surface area contributed by atoms with Gasteiger partial charge in [-0.05, 0) is 67.4 Å². The molecule has 0 amide bonds. The van der Waals surface area contributed by atoms with Gasteiger partial charge in [-0.15, -0.1) is 0 Å². The first-order chi connectivity index (χ1) is 12.6. The molecule has 2 nitrogen and oxygen atoms in total. The third-order valence-electron chi connectivity index (χ3n) is 7.36. The zero-order valence-electron chi connectivity index (χ0n) is 17.9. The van der Waals surface area contributed by atoms with E-state index in [1.54, 1.807) is 0 Å². The Bertz CT molecular complexity index is 796. The summed E-state index contributed by atoms with van der Waals surface area (Å²) in [6.07, 6.45) is 6.19. The standard InChI is InChI=1S/C21H29NOSi/c1-23-20-21(15-9-13-8-14(11-15)12-16(21)10-13)19-17(22-20)6-5-7-18(19)24(2,3)4/h5-7,13-16H,8-12H2,1-4H3/i1D3. The lowest BCUT2D eigenvalue weighted by molar-refractivity contribution is -0.0348. The molecule has 0 aromatic heterocycles. The number of nitrogens with zero attached hydrogens (tertiary/aromatic N) is 1. The van der Waals surface area contributed by atoms with E-state index in [2.05, 4.69) is 37.8 Å². The molecule has 1 heterocycles. The third kappa shape index (κ3) is 1.74. The highest BCUT2D eigenvalue weighted by Crippen LogP contribution is 2.66. The first kappa shape index (κ1) is 12.3. The second-order valence-electron chi connectivity index (χ2n) is 9.64. The molecule has 0 N–H and O–H groups in total. The minimum absolute atomic E-state index is 0.298. The van der Waals surface area contributed by atoms with Gasteiger partial charge < -0.3 is 4.74 Å². The van der Waals surface area contributed by atoms with Crippen LogP contribution in [0.5, 0.6) is 0 Å². The summed E-state index contributed by atoms with van der Waals surface area (Å²) in [6.45, 7) is 7.15. The summed E-state index contributed by atoms with van der Waals surface area (Å²) in [5, 5.41) is 1.44. The van der Waals surface area contributed by atoms with Crippen molar-refractivity contribution in [3.05, 3.63) is 23.8 Å². The van der Waals surface area contributed by atoms with Crippen LogP contribution in [0, 0.1) is 23.7 Å². The lowest BCUT2D eigenvalue weighted by Gasteiger charge is -2.60. The monoisotopic (exact) mass is 342 g/mol. The average molecular weight is 343 g/mol. The van der Waals surface area contributed by atoms with Gasteiger partial charge in [0.2, 0.25) is 0 Å². The maximum Gasteiger partial charge on any atom is 0.199 e. The van der Waals surface area contributed by atoms with Crippen molar-refractivity contribution in [2.75, 3.05) is 7.04 Å². The molecule has 1 spiro atoms. The van der Waals surface area contributed by atoms with E-state index in [-0.39, 0.29) is 5.41 Å². The lowest BCUT2D eigenvalue weighted by Crippen LogP contribution is -2.61. The molecule has 6 rings (SSSR count). The van der Waals surface area contributed by atoms with E-state index in [0.29, 0.717) is 17.7 Å². The molecule has 0 atom stereocenters. The molecule has 1 aromatic rings. The topological polar surface area (TPSA) is 21.6 Å². The Morgan fingerprint density at radius 1 is 1.08 bits per heavy atom. The van der Waals surface area contributed by atoms with Crippen LogP contribution in [0.3, 0.4) is 0 Å². The second-order valence-corrected chi connectivity index (χ2v) is 14.7. The number of hydrogen-bond donors (Lipinski definition) is 0. The van der Waals surface area contributed by atoms with E-state index in [1.807, 2.05) is 0 Å². The Morgan fingerprint density at radius 2 is 1.75 bits per heavy atom. The number of methoxy groups -OCH3 is 1. The van der Waals surface area contributed by atoms with Crippen LogP contribution < -0.4 is 5.19 Å². The van der Waals surface area contributed by atoms with Crippen LogP contribution in [0.4, 0.5) is 5.69 Å². The molecule has 4 saturated carbocycles. The Balaban J connectivity index is 1.74. The molecule has 1 aliphatic heterocycles. The molecule has 0 radical (unpaired) electrons. The van der Waals surface area contributed by atoms with E-state index in [1.165, 1.54) is 42.9 Å². The molecule has 4 aliphatic carbocycles. The van der Waals surface area contributed by atoms with E-state index in [4.69, 9.17) is 13.8 Å². The molecular weight excluding hydrogens is 310 g/mol. The van der Waals surface area contributed by atoms with Crippen LogP contribution in [-0.2, 0) is 10.2 Å². The van der Waals surface area contributed by atoms with Crippen molar-refractivity contribution >= 4 is 24.8 Å². The minimum Gasteiger partial charge on any atom is -0.483 e. The molecule has 3 heteroatoms. The van der Waals surface area contributed by atoms with Crippen LogP contribution in [0.25, 0.3) is 0 Å². The number of fused-ring (bicyclic) bond motifs is 1. The number of rotatable bonds is 1. The van der Waals surface area contributed by atoms with Crippen LogP contribution in [-0.4, -0.2) is 21.0 Å². The van der Waals surface area contributed by atoms with Gasteiger partial charge in [0.15, 0.2) is 5.90 Å². The van der Waals surface area contributed by atoms with Crippen LogP contribution >= 0.6 is 0 Å². The molecule has 5 aliphatic rings. The highest BCUT2D eigenvalue weighted by Gasteiger charge is 2.64. The zero-order chi connectivity index (χ0) is 19.2. The second kappa shape index (κ2) is 4.75. The highest BCUT2D eigenvalue weighted by molar-refractivity contribution is 6.89. The largest absolute Gasteiger partial charge is 0.483 e. The van der Waals surface area contributed by atoms with Gasteiger partial charge in [-0.25, -0.2) is 4.99 Å². The Hall–Kier alpha value is -1.09. The van der Waals surface area contributed by atoms with Crippen molar-refractivity contribution in [1.82, 2.24) is 0 Å². The molecule has 1 aromatic carbocycles. The van der Waals surface area contributed by atoms with Gasteiger partial charge in [-0.1, -0.05) is 37.0 Å². The van der Waals surface area contributed by atoms with Crippen molar-refractivity contribution < 1.29 is 8.85 Å². The van der Waals surface area contributed by atoms with E-state index >= 15 is 0 Å². The van der Waals surface area contributed by atoms with Gasteiger partial charge in [-0.3, -0.25) is 0 Å². The fourth-order valence-corrected chi connectivity index (χ4v) is 8.48. The summed E-state index contributed by atoms with van der Waals surface area (Å²) >= 11 is 0. The number of benzene rings is 1. The van der Waals surface area contributed by atoms with Crippen molar-refractivity contribution in [2.24, 2.45) is 28.7 Å². The van der Waals surface area contributed by atoms with Crippen molar-refractivity contribution in [3.8, 4) is 0 Å². The smallest absolute Gasteiger partial charge is 0.199 e. The molecule has 24 heavy (non-hydrogen) atoms. The summed E-state index contributed by atoms with van der Waals surface area (Å²) in [6, 6.07) is 6.45. The zero-order valence-corrected chi connectivity index (χ0v) is 15.9. The number of ether oxygens (including phenoxy) is 1. The van der Waals surface area contributed by atoms with Crippen molar-refractivity contribution in [1.29, 1.82) is 0 Å². The fraction of sp³-hybridized carbons (Fsp3) is 0.667. The molecular formula is C21H29NOSi. The highest BCUT2D eigenvalue weighted by atomic mass is 28.3. The SMILES string of the molecule is [2H]C([2H])([2H])OC1=Nc2cccc([Si](C)(C)C)c2C12C1CC3CC(C1)CC2C3. The third-order valence-corrected chi connectivity index (χ3v) is 9.40. The molecule has 128 valence electrons.